The van der Waals surface area contributed by atoms with Gasteiger partial charge in [0.15, 0.2) is 0 Å². The highest BCUT2D eigenvalue weighted by molar-refractivity contribution is 6.31. The van der Waals surface area contributed by atoms with Crippen molar-refractivity contribution in [3.63, 3.8) is 0 Å². The Morgan fingerprint density at radius 1 is 0.875 bits per heavy atom. The second-order valence-electron chi connectivity index (χ2n) is 6.62. The Bertz CT molecular complexity index is 1150. The first-order chi connectivity index (χ1) is 15.3. The van der Waals surface area contributed by atoms with Gasteiger partial charge in [0.1, 0.15) is 5.82 Å². The number of benzene rings is 2. The van der Waals surface area contributed by atoms with Gasteiger partial charge >= 0.3 is 6.03 Å². The fraction of sp³-hybridized carbons (Fsp3) is 0.0909. The van der Waals surface area contributed by atoms with Gasteiger partial charge in [0.25, 0.3) is 11.8 Å². The van der Waals surface area contributed by atoms with Crippen LogP contribution in [-0.4, -0.2) is 36.9 Å². The molecule has 0 aliphatic heterocycles. The standard InChI is InChI=1S/C22H19Cl2N5O3/c1-25-22(32)29(2)16-7-3-13(4-8-16)20(30)27-18-9-5-14(23)11-17(18)21(31)28-19-10-6-15(24)12-26-19/h3-12H,1-2H3,(H,25,32)(H,27,30)(H,26,28,31). The van der Waals surface area contributed by atoms with E-state index in [1.807, 2.05) is 0 Å². The Labute approximate surface area is 194 Å². The van der Waals surface area contributed by atoms with Crippen molar-refractivity contribution >= 4 is 58.2 Å². The van der Waals surface area contributed by atoms with Crippen molar-refractivity contribution in [3.8, 4) is 0 Å². The van der Waals surface area contributed by atoms with Crippen LogP contribution in [-0.2, 0) is 0 Å². The predicted octanol–water partition coefficient (Wildman–Crippen LogP) is 4.67. The Kier molecular flexibility index (Phi) is 7.29. The zero-order chi connectivity index (χ0) is 23.3. The third-order valence-electron chi connectivity index (χ3n) is 4.48. The molecule has 0 aliphatic rings. The van der Waals surface area contributed by atoms with E-state index < -0.39 is 11.8 Å². The summed E-state index contributed by atoms with van der Waals surface area (Å²) in [5.74, 6) is -0.632. The first kappa shape index (κ1) is 23.1. The monoisotopic (exact) mass is 471 g/mol. The zero-order valence-corrected chi connectivity index (χ0v) is 18.7. The molecule has 3 aromatic rings. The van der Waals surface area contributed by atoms with Gasteiger partial charge in [0.05, 0.1) is 16.3 Å². The highest BCUT2D eigenvalue weighted by atomic mass is 35.5. The number of pyridine rings is 1. The van der Waals surface area contributed by atoms with Crippen LogP contribution in [0.5, 0.6) is 0 Å². The first-order valence-corrected chi connectivity index (χ1v) is 10.1. The molecule has 0 unspecified atom stereocenters. The number of hydrogen-bond acceptors (Lipinski definition) is 4. The molecule has 10 heteroatoms. The molecule has 0 fully saturated rings. The fourth-order valence-electron chi connectivity index (χ4n) is 2.76. The van der Waals surface area contributed by atoms with Crippen LogP contribution in [0.4, 0.5) is 22.0 Å². The Morgan fingerprint density at radius 2 is 1.56 bits per heavy atom. The van der Waals surface area contributed by atoms with Crippen molar-refractivity contribution in [2.75, 3.05) is 29.6 Å². The molecule has 0 saturated heterocycles. The normalized spacial score (nSPS) is 10.2. The van der Waals surface area contributed by atoms with Crippen molar-refractivity contribution in [1.82, 2.24) is 10.3 Å². The molecule has 2 aromatic carbocycles. The molecular weight excluding hydrogens is 453 g/mol. The van der Waals surface area contributed by atoms with Gasteiger partial charge in [-0.3, -0.25) is 14.5 Å². The zero-order valence-electron chi connectivity index (χ0n) is 17.1. The molecule has 0 spiro atoms. The number of halogens is 2. The van der Waals surface area contributed by atoms with E-state index in [4.69, 9.17) is 23.2 Å². The van der Waals surface area contributed by atoms with Gasteiger partial charge in [0, 0.05) is 36.6 Å². The second kappa shape index (κ2) is 10.1. The first-order valence-electron chi connectivity index (χ1n) is 9.38. The molecule has 1 heterocycles. The van der Waals surface area contributed by atoms with E-state index in [0.29, 0.717) is 27.1 Å². The SMILES string of the molecule is CNC(=O)N(C)c1ccc(C(=O)Nc2ccc(Cl)cc2C(=O)Nc2ccc(Cl)cn2)cc1. The van der Waals surface area contributed by atoms with Crippen molar-refractivity contribution < 1.29 is 14.4 Å². The van der Waals surface area contributed by atoms with Gasteiger partial charge < -0.3 is 16.0 Å². The molecule has 0 bridgehead atoms. The maximum absolute atomic E-state index is 12.8. The molecule has 4 amide bonds. The van der Waals surface area contributed by atoms with E-state index in [-0.39, 0.29) is 17.3 Å². The molecule has 0 aliphatic carbocycles. The number of urea groups is 1. The van der Waals surface area contributed by atoms with Crippen molar-refractivity contribution in [2.45, 2.75) is 0 Å². The molecule has 32 heavy (non-hydrogen) atoms. The van der Waals surface area contributed by atoms with E-state index >= 15 is 0 Å². The molecular formula is C22H19Cl2N5O3. The number of rotatable bonds is 5. The van der Waals surface area contributed by atoms with E-state index in [9.17, 15) is 14.4 Å². The topological polar surface area (TPSA) is 103 Å². The van der Waals surface area contributed by atoms with Crippen LogP contribution < -0.4 is 20.9 Å². The minimum absolute atomic E-state index is 0.165. The number of carbonyl (C=O) groups excluding carboxylic acids is 3. The maximum Gasteiger partial charge on any atom is 0.321 e. The lowest BCUT2D eigenvalue weighted by molar-refractivity contribution is 0.102. The quantitative estimate of drug-likeness (QED) is 0.502. The summed E-state index contributed by atoms with van der Waals surface area (Å²) in [5, 5.41) is 8.65. The lowest BCUT2D eigenvalue weighted by atomic mass is 10.1. The third-order valence-corrected chi connectivity index (χ3v) is 4.94. The van der Waals surface area contributed by atoms with E-state index in [1.54, 1.807) is 49.5 Å². The minimum Gasteiger partial charge on any atom is -0.341 e. The second-order valence-corrected chi connectivity index (χ2v) is 7.49. The van der Waals surface area contributed by atoms with Crippen molar-refractivity contribution in [2.24, 2.45) is 0 Å². The maximum atomic E-state index is 12.8. The van der Waals surface area contributed by atoms with Crippen LogP contribution in [0.2, 0.25) is 10.0 Å². The van der Waals surface area contributed by atoms with E-state index in [2.05, 4.69) is 20.9 Å². The molecule has 0 atom stereocenters. The molecule has 0 saturated carbocycles. The number of aromatic nitrogens is 1. The molecule has 3 N–H and O–H groups in total. The fourth-order valence-corrected chi connectivity index (χ4v) is 3.05. The van der Waals surface area contributed by atoms with Crippen LogP contribution in [0.25, 0.3) is 0 Å². The Hall–Kier alpha value is -3.62. The summed E-state index contributed by atoms with van der Waals surface area (Å²) < 4.78 is 0. The predicted molar refractivity (Wildman–Crippen MR) is 126 cm³/mol. The molecule has 164 valence electrons. The highest BCUT2D eigenvalue weighted by Crippen LogP contribution is 2.23. The summed E-state index contributed by atoms with van der Waals surface area (Å²) in [6, 6.07) is 13.9. The van der Waals surface area contributed by atoms with Gasteiger partial charge in [-0.2, -0.15) is 0 Å². The summed E-state index contributed by atoms with van der Waals surface area (Å²) in [6.07, 6.45) is 1.41. The number of amides is 4. The largest absolute Gasteiger partial charge is 0.341 e. The van der Waals surface area contributed by atoms with Crippen LogP contribution in [0.3, 0.4) is 0 Å². The summed E-state index contributed by atoms with van der Waals surface area (Å²) in [7, 11) is 3.14. The molecule has 0 radical (unpaired) electrons. The Morgan fingerprint density at radius 3 is 2.19 bits per heavy atom. The lowest BCUT2D eigenvalue weighted by Crippen LogP contribution is -2.34. The third kappa shape index (κ3) is 5.54. The number of nitrogens with one attached hydrogen (secondary N) is 3. The van der Waals surface area contributed by atoms with Gasteiger partial charge in [0.2, 0.25) is 0 Å². The van der Waals surface area contributed by atoms with Crippen LogP contribution in [0, 0.1) is 0 Å². The van der Waals surface area contributed by atoms with Crippen molar-refractivity contribution in [1.29, 1.82) is 0 Å². The minimum atomic E-state index is -0.500. The average Bonchev–Trinajstić information content (AvgIpc) is 2.80. The molecule has 8 nitrogen and oxygen atoms in total. The molecule has 3 rings (SSSR count). The number of anilines is 3. The highest BCUT2D eigenvalue weighted by Gasteiger charge is 2.17. The van der Waals surface area contributed by atoms with E-state index in [0.717, 1.165) is 0 Å². The number of carbonyl (C=O) groups is 3. The number of hydrogen-bond donors (Lipinski definition) is 3. The smallest absolute Gasteiger partial charge is 0.321 e. The summed E-state index contributed by atoms with van der Waals surface area (Å²) in [5.41, 5.74) is 1.40. The van der Waals surface area contributed by atoms with Gasteiger partial charge in [-0.1, -0.05) is 23.2 Å². The summed E-state index contributed by atoms with van der Waals surface area (Å²) in [6.45, 7) is 0. The van der Waals surface area contributed by atoms with Crippen LogP contribution >= 0.6 is 23.2 Å². The van der Waals surface area contributed by atoms with E-state index in [1.165, 1.54) is 30.3 Å². The summed E-state index contributed by atoms with van der Waals surface area (Å²) >= 11 is 11.9. The van der Waals surface area contributed by atoms with Gasteiger partial charge in [-0.05, 0) is 54.6 Å². The lowest BCUT2D eigenvalue weighted by Gasteiger charge is -2.17. The van der Waals surface area contributed by atoms with Crippen LogP contribution in [0.1, 0.15) is 20.7 Å². The van der Waals surface area contributed by atoms with Gasteiger partial charge in [-0.15, -0.1) is 0 Å². The molecule has 1 aromatic heterocycles. The number of nitrogens with zero attached hydrogens (tertiary/aromatic N) is 2. The Balaban J connectivity index is 1.78. The van der Waals surface area contributed by atoms with Gasteiger partial charge in [-0.25, -0.2) is 9.78 Å². The summed E-state index contributed by atoms with van der Waals surface area (Å²) in [4.78, 5) is 42.7. The van der Waals surface area contributed by atoms with Crippen molar-refractivity contribution in [3.05, 3.63) is 82.0 Å². The van der Waals surface area contributed by atoms with Crippen LogP contribution in [0.15, 0.2) is 60.8 Å². The average molecular weight is 472 g/mol.